The second kappa shape index (κ2) is 16.3. The number of hydrogen-bond donors (Lipinski definition) is 2. The molecule has 3 nitrogen and oxygen atoms in total. The lowest BCUT2D eigenvalue weighted by atomic mass is 9.90. The smallest absolute Gasteiger partial charge is 0.122 e. The normalized spacial score (nSPS) is 12.2. The van der Waals surface area contributed by atoms with Crippen LogP contribution >= 0.6 is 0 Å². The van der Waals surface area contributed by atoms with Gasteiger partial charge in [-0.2, -0.15) is 0 Å². The van der Waals surface area contributed by atoms with Gasteiger partial charge in [-0.3, -0.25) is 4.90 Å². The number of benzene rings is 2. The minimum Gasteiger partial charge on any atom is -0.507 e. The van der Waals surface area contributed by atoms with E-state index in [4.69, 9.17) is 0 Å². The minimum atomic E-state index is 0.280. The molecule has 0 fully saturated rings. The Hall–Kier alpha value is -2.00. The monoisotopic (exact) mass is 537 g/mol. The van der Waals surface area contributed by atoms with Crippen LogP contribution in [0.2, 0.25) is 0 Å². The van der Waals surface area contributed by atoms with E-state index in [0.29, 0.717) is 11.5 Å². The summed E-state index contributed by atoms with van der Waals surface area (Å²) in [7, 11) is 0. The molecular formula is C36H59NO2. The third kappa shape index (κ3) is 10.2. The molecule has 0 aliphatic heterocycles. The van der Waals surface area contributed by atoms with Crippen LogP contribution < -0.4 is 0 Å². The molecule has 2 aromatic rings. The number of unbranched alkanes of at least 4 members (excludes halogenated alkanes) is 7. The summed E-state index contributed by atoms with van der Waals surface area (Å²) < 4.78 is 0. The van der Waals surface area contributed by atoms with Crippen LogP contribution in [0.25, 0.3) is 0 Å². The van der Waals surface area contributed by atoms with E-state index in [1.54, 1.807) is 0 Å². The number of phenolic OH excluding ortho intramolecular Hbond substituents is 2. The summed E-state index contributed by atoms with van der Waals surface area (Å²) in [5.41, 5.74) is 6.78. The van der Waals surface area contributed by atoms with E-state index in [0.717, 1.165) is 41.9 Å². The first kappa shape index (κ1) is 33.2. The quantitative estimate of drug-likeness (QED) is 0.197. The van der Waals surface area contributed by atoms with Crippen LogP contribution in [0.4, 0.5) is 0 Å². The van der Waals surface area contributed by atoms with Crippen molar-refractivity contribution in [3.05, 3.63) is 57.6 Å². The molecule has 2 rings (SSSR count). The Morgan fingerprint density at radius 1 is 0.513 bits per heavy atom. The van der Waals surface area contributed by atoms with Gasteiger partial charge in [0.05, 0.1) is 0 Å². The summed E-state index contributed by atoms with van der Waals surface area (Å²) in [6.07, 6.45) is 10.5. The first-order valence-electron chi connectivity index (χ1n) is 15.9. The molecule has 2 aromatic carbocycles. The highest BCUT2D eigenvalue weighted by atomic mass is 16.3. The van der Waals surface area contributed by atoms with Crippen LogP contribution in [0.15, 0.2) is 24.3 Å². The van der Waals surface area contributed by atoms with Gasteiger partial charge in [0.1, 0.15) is 11.5 Å². The molecule has 2 N–H and O–H groups in total. The van der Waals surface area contributed by atoms with Crippen molar-refractivity contribution >= 4 is 0 Å². The second-order valence-electron chi connectivity index (χ2n) is 13.1. The molecule has 0 heterocycles. The van der Waals surface area contributed by atoms with Crippen LogP contribution in [0.1, 0.15) is 171 Å². The fourth-order valence-electron chi connectivity index (χ4n) is 5.63. The maximum atomic E-state index is 11.0. The predicted molar refractivity (Wildman–Crippen MR) is 169 cm³/mol. The number of phenols is 2. The van der Waals surface area contributed by atoms with Gasteiger partial charge in [-0.15, -0.1) is 0 Å². The van der Waals surface area contributed by atoms with Crippen molar-refractivity contribution in [1.29, 1.82) is 0 Å². The van der Waals surface area contributed by atoms with Crippen molar-refractivity contribution in [1.82, 2.24) is 4.90 Å². The van der Waals surface area contributed by atoms with Gasteiger partial charge in [-0.1, -0.05) is 132 Å². The van der Waals surface area contributed by atoms with E-state index in [-0.39, 0.29) is 23.7 Å². The van der Waals surface area contributed by atoms with Crippen molar-refractivity contribution in [2.75, 3.05) is 6.54 Å². The Kier molecular flexibility index (Phi) is 13.9. The number of rotatable bonds is 17. The van der Waals surface area contributed by atoms with Gasteiger partial charge in [0.2, 0.25) is 0 Å². The van der Waals surface area contributed by atoms with Crippen LogP contribution in [-0.4, -0.2) is 21.7 Å². The molecule has 39 heavy (non-hydrogen) atoms. The molecule has 0 aromatic heterocycles. The van der Waals surface area contributed by atoms with Gasteiger partial charge in [0, 0.05) is 13.1 Å². The third-order valence-electron chi connectivity index (χ3n) is 8.09. The maximum Gasteiger partial charge on any atom is 0.122 e. The van der Waals surface area contributed by atoms with Crippen molar-refractivity contribution in [3.63, 3.8) is 0 Å². The summed E-state index contributed by atoms with van der Waals surface area (Å²) in [4.78, 5) is 2.58. The Bertz CT molecular complexity index is 876. The largest absolute Gasteiger partial charge is 0.507 e. The molecule has 0 saturated heterocycles. The Labute approximate surface area is 241 Å². The first-order valence-corrected chi connectivity index (χ1v) is 15.9. The SMILES string of the molecule is CCCCCCCCCCN(Cc1cc(C(C)C)c(O)c(C(C)C)c1)Cc1cc(C(C)C)c(O)c(C(C)C)c1. The molecule has 0 amide bonds. The summed E-state index contributed by atoms with van der Waals surface area (Å²) in [6.45, 7) is 22.4. The summed E-state index contributed by atoms with van der Waals surface area (Å²) in [6, 6.07) is 8.90. The van der Waals surface area contributed by atoms with Crippen LogP contribution in [0, 0.1) is 0 Å². The van der Waals surface area contributed by atoms with Crippen molar-refractivity contribution in [2.45, 2.75) is 150 Å². The summed E-state index contributed by atoms with van der Waals surface area (Å²) in [5, 5.41) is 21.9. The molecule has 0 atom stereocenters. The third-order valence-corrected chi connectivity index (χ3v) is 8.09. The van der Waals surface area contributed by atoms with Crippen LogP contribution in [0.3, 0.4) is 0 Å². The summed E-state index contributed by atoms with van der Waals surface area (Å²) in [5.74, 6) is 2.07. The van der Waals surface area contributed by atoms with E-state index in [2.05, 4.69) is 91.5 Å². The average molecular weight is 538 g/mol. The molecule has 0 saturated carbocycles. The Balaban J connectivity index is 2.31. The molecule has 3 heteroatoms. The molecule has 0 spiro atoms. The minimum absolute atomic E-state index is 0.280. The molecule has 0 radical (unpaired) electrons. The molecule has 0 aliphatic carbocycles. The van der Waals surface area contributed by atoms with E-state index in [1.807, 2.05) is 0 Å². The van der Waals surface area contributed by atoms with Crippen molar-refractivity contribution in [2.24, 2.45) is 0 Å². The zero-order valence-corrected chi connectivity index (χ0v) is 26.7. The number of nitrogens with zero attached hydrogens (tertiary/aromatic N) is 1. The highest BCUT2D eigenvalue weighted by Crippen LogP contribution is 2.37. The highest BCUT2D eigenvalue weighted by Gasteiger charge is 2.19. The average Bonchev–Trinajstić information content (AvgIpc) is 2.86. The summed E-state index contributed by atoms with van der Waals surface area (Å²) >= 11 is 0. The molecule has 220 valence electrons. The maximum absolute atomic E-state index is 11.0. The van der Waals surface area contributed by atoms with Crippen molar-refractivity contribution in [3.8, 4) is 11.5 Å². The van der Waals surface area contributed by atoms with Gasteiger partial charge in [0.25, 0.3) is 0 Å². The standard InChI is InChI=1S/C36H59NO2/c1-10-11-12-13-14-15-16-17-18-37(23-29-19-31(25(2)3)35(38)32(20-29)26(4)5)24-30-21-33(27(6)7)36(39)34(22-30)28(8)9/h19-22,25-28,38-39H,10-18,23-24H2,1-9H3. The van der Waals surface area contributed by atoms with Crippen LogP contribution in [0.5, 0.6) is 11.5 Å². The number of hydrogen-bond acceptors (Lipinski definition) is 3. The predicted octanol–water partition coefficient (Wildman–Crippen LogP) is 10.7. The molecule has 0 bridgehead atoms. The van der Waals surface area contributed by atoms with Crippen LogP contribution in [-0.2, 0) is 13.1 Å². The molecule has 0 unspecified atom stereocenters. The van der Waals surface area contributed by atoms with E-state index < -0.39 is 0 Å². The lowest BCUT2D eigenvalue weighted by molar-refractivity contribution is 0.249. The number of aromatic hydroxyl groups is 2. The molecule has 0 aliphatic rings. The van der Waals surface area contributed by atoms with E-state index in [9.17, 15) is 10.2 Å². The second-order valence-corrected chi connectivity index (χ2v) is 13.1. The van der Waals surface area contributed by atoms with E-state index >= 15 is 0 Å². The lowest BCUT2D eigenvalue weighted by Gasteiger charge is -2.26. The topological polar surface area (TPSA) is 43.7 Å². The fraction of sp³-hybridized carbons (Fsp3) is 0.667. The zero-order valence-electron chi connectivity index (χ0n) is 26.7. The van der Waals surface area contributed by atoms with Gasteiger partial charge >= 0.3 is 0 Å². The Morgan fingerprint density at radius 3 is 1.13 bits per heavy atom. The van der Waals surface area contributed by atoms with E-state index in [1.165, 1.54) is 62.5 Å². The fourth-order valence-corrected chi connectivity index (χ4v) is 5.63. The zero-order chi connectivity index (χ0) is 29.1. The van der Waals surface area contributed by atoms with Gasteiger partial charge in [-0.25, -0.2) is 0 Å². The van der Waals surface area contributed by atoms with Gasteiger partial charge < -0.3 is 10.2 Å². The highest BCUT2D eigenvalue weighted by molar-refractivity contribution is 5.48. The Morgan fingerprint density at radius 2 is 0.821 bits per heavy atom. The molecular weight excluding hydrogens is 478 g/mol. The van der Waals surface area contributed by atoms with Gasteiger partial charge in [-0.05, 0) is 70.0 Å². The first-order chi connectivity index (χ1) is 18.5. The van der Waals surface area contributed by atoms with Crippen molar-refractivity contribution < 1.29 is 10.2 Å². The van der Waals surface area contributed by atoms with Gasteiger partial charge in [0.15, 0.2) is 0 Å². The lowest BCUT2D eigenvalue weighted by Crippen LogP contribution is -2.24.